The molecule has 0 spiro atoms. The van der Waals surface area contributed by atoms with E-state index in [1.807, 2.05) is 66.9 Å². The molecule has 1 heterocycles. The summed E-state index contributed by atoms with van der Waals surface area (Å²) >= 11 is 0. The van der Waals surface area contributed by atoms with Crippen molar-refractivity contribution in [1.29, 1.82) is 0 Å². The quantitative estimate of drug-likeness (QED) is 0.756. The number of aromatic nitrogens is 2. The summed E-state index contributed by atoms with van der Waals surface area (Å²) in [5.74, 6) is 0.261. The lowest BCUT2D eigenvalue weighted by atomic mass is 10.1. The van der Waals surface area contributed by atoms with Crippen LogP contribution in [-0.4, -0.2) is 20.6 Å². The van der Waals surface area contributed by atoms with Gasteiger partial charge < -0.3 is 9.67 Å². The molecule has 3 rings (SSSR count). The molecule has 5 nitrogen and oxygen atoms in total. The Morgan fingerprint density at radius 2 is 2.00 bits per heavy atom. The number of benzene rings is 2. The lowest BCUT2D eigenvalue weighted by molar-refractivity contribution is -0.118. The minimum Gasteiger partial charge on any atom is -0.388 e. The van der Waals surface area contributed by atoms with E-state index in [2.05, 4.69) is 10.3 Å². The lowest BCUT2D eigenvalue weighted by Crippen LogP contribution is -2.18. The number of imidazole rings is 1. The van der Waals surface area contributed by atoms with E-state index in [0.717, 1.165) is 22.2 Å². The van der Waals surface area contributed by atoms with E-state index in [-0.39, 0.29) is 12.3 Å². The van der Waals surface area contributed by atoms with Crippen LogP contribution >= 0.6 is 0 Å². The second-order valence-electron chi connectivity index (χ2n) is 5.85. The molecule has 0 radical (unpaired) electrons. The van der Waals surface area contributed by atoms with Gasteiger partial charge in [0.25, 0.3) is 0 Å². The van der Waals surface area contributed by atoms with Crippen molar-refractivity contribution in [3.05, 3.63) is 59.7 Å². The Kier molecular flexibility index (Phi) is 4.62. The van der Waals surface area contributed by atoms with Gasteiger partial charge >= 0.3 is 0 Å². The van der Waals surface area contributed by atoms with E-state index in [4.69, 9.17) is 0 Å². The zero-order valence-electron chi connectivity index (χ0n) is 13.9. The molecule has 2 N–H and O–H groups in total. The van der Waals surface area contributed by atoms with Gasteiger partial charge in [-0.1, -0.05) is 36.4 Å². The first-order valence-corrected chi connectivity index (χ1v) is 8.08. The van der Waals surface area contributed by atoms with Crippen LogP contribution in [0, 0.1) is 6.92 Å². The summed E-state index contributed by atoms with van der Waals surface area (Å²) in [7, 11) is 0. The van der Waals surface area contributed by atoms with Crippen molar-refractivity contribution in [2.24, 2.45) is 0 Å². The van der Waals surface area contributed by atoms with Crippen LogP contribution < -0.4 is 5.32 Å². The van der Waals surface area contributed by atoms with Gasteiger partial charge in [-0.3, -0.25) is 10.1 Å². The second-order valence-corrected chi connectivity index (χ2v) is 5.85. The standard InChI is InChI=1S/C19H21N3O2/c1-3-22-16-10-9-13(2)11-15(16)20-19(22)21-18(24)12-17(23)14-7-5-4-6-8-14/h4-11,17,23H,3,12H2,1-2H3,(H,20,21,24). The maximum atomic E-state index is 12.3. The molecule has 0 saturated heterocycles. The molecule has 0 fully saturated rings. The fourth-order valence-corrected chi connectivity index (χ4v) is 2.80. The van der Waals surface area contributed by atoms with Gasteiger partial charge in [-0.15, -0.1) is 0 Å². The van der Waals surface area contributed by atoms with Crippen molar-refractivity contribution in [3.8, 4) is 0 Å². The number of nitrogens with one attached hydrogen (secondary N) is 1. The third-order valence-corrected chi connectivity index (χ3v) is 4.03. The highest BCUT2D eigenvalue weighted by Gasteiger charge is 2.16. The molecule has 0 aliphatic rings. The predicted octanol–water partition coefficient (Wildman–Crippen LogP) is 3.43. The Morgan fingerprint density at radius 1 is 1.25 bits per heavy atom. The molecule has 1 amide bonds. The maximum Gasteiger partial charge on any atom is 0.229 e. The van der Waals surface area contributed by atoms with Crippen LogP contribution in [0.25, 0.3) is 11.0 Å². The largest absolute Gasteiger partial charge is 0.388 e. The summed E-state index contributed by atoms with van der Waals surface area (Å²) in [6.45, 7) is 4.73. The van der Waals surface area contributed by atoms with Crippen molar-refractivity contribution in [3.63, 3.8) is 0 Å². The Morgan fingerprint density at radius 3 is 2.71 bits per heavy atom. The first-order valence-electron chi connectivity index (χ1n) is 8.08. The Labute approximate surface area is 141 Å². The topological polar surface area (TPSA) is 67.2 Å². The number of anilines is 1. The van der Waals surface area contributed by atoms with Crippen LogP contribution in [0.1, 0.15) is 30.6 Å². The third-order valence-electron chi connectivity index (χ3n) is 4.03. The Bertz CT molecular complexity index is 856. The first-order chi connectivity index (χ1) is 11.6. The Hall–Kier alpha value is -2.66. The van der Waals surface area contributed by atoms with E-state index >= 15 is 0 Å². The molecule has 1 aromatic heterocycles. The molecule has 0 bridgehead atoms. The highest BCUT2D eigenvalue weighted by molar-refractivity contribution is 5.92. The number of carbonyl (C=O) groups is 1. The van der Waals surface area contributed by atoms with Crippen LogP contribution in [0.15, 0.2) is 48.5 Å². The lowest BCUT2D eigenvalue weighted by Gasteiger charge is -2.11. The summed E-state index contributed by atoms with van der Waals surface area (Å²) in [4.78, 5) is 16.8. The zero-order chi connectivity index (χ0) is 17.1. The van der Waals surface area contributed by atoms with Crippen molar-refractivity contribution >= 4 is 22.9 Å². The molecule has 0 aliphatic heterocycles. The normalized spacial score (nSPS) is 12.3. The van der Waals surface area contributed by atoms with Gasteiger partial charge in [0.1, 0.15) is 0 Å². The molecule has 5 heteroatoms. The summed E-state index contributed by atoms with van der Waals surface area (Å²) in [5, 5.41) is 13.0. The van der Waals surface area contributed by atoms with E-state index in [1.165, 1.54) is 0 Å². The van der Waals surface area contributed by atoms with E-state index in [9.17, 15) is 9.90 Å². The molecule has 1 atom stereocenters. The number of aliphatic hydroxyl groups excluding tert-OH is 1. The van der Waals surface area contributed by atoms with Gasteiger partial charge in [0, 0.05) is 6.54 Å². The average molecular weight is 323 g/mol. The van der Waals surface area contributed by atoms with Gasteiger partial charge in [0.15, 0.2) is 0 Å². The third kappa shape index (κ3) is 3.31. The Balaban J connectivity index is 1.78. The minimum atomic E-state index is -0.826. The highest BCUT2D eigenvalue weighted by Crippen LogP contribution is 2.22. The molecule has 3 aromatic rings. The summed E-state index contributed by atoms with van der Waals surface area (Å²) in [5.41, 5.74) is 3.70. The van der Waals surface area contributed by atoms with Crippen molar-refractivity contribution in [2.75, 3.05) is 5.32 Å². The summed E-state index contributed by atoms with van der Waals surface area (Å²) in [6.07, 6.45) is -0.830. The fraction of sp³-hybridized carbons (Fsp3) is 0.263. The molecule has 1 unspecified atom stereocenters. The van der Waals surface area contributed by atoms with Crippen LogP contribution in [0.2, 0.25) is 0 Å². The molecular formula is C19H21N3O2. The summed E-state index contributed by atoms with van der Waals surface area (Å²) in [6, 6.07) is 15.2. The van der Waals surface area contributed by atoms with Gasteiger partial charge in [-0.25, -0.2) is 4.98 Å². The van der Waals surface area contributed by atoms with E-state index in [1.54, 1.807) is 0 Å². The van der Waals surface area contributed by atoms with E-state index in [0.29, 0.717) is 12.5 Å². The molecular weight excluding hydrogens is 302 g/mol. The predicted molar refractivity (Wildman–Crippen MR) is 94.8 cm³/mol. The summed E-state index contributed by atoms with van der Waals surface area (Å²) < 4.78 is 1.96. The molecule has 24 heavy (non-hydrogen) atoms. The number of carbonyl (C=O) groups excluding carboxylic acids is 1. The average Bonchev–Trinajstić information content (AvgIpc) is 2.91. The van der Waals surface area contributed by atoms with Crippen molar-refractivity contribution < 1.29 is 9.90 Å². The monoisotopic (exact) mass is 323 g/mol. The second kappa shape index (κ2) is 6.84. The molecule has 2 aromatic carbocycles. The van der Waals surface area contributed by atoms with Gasteiger partial charge in [0.2, 0.25) is 11.9 Å². The number of rotatable bonds is 5. The van der Waals surface area contributed by atoms with Crippen LogP contribution in [0.3, 0.4) is 0 Å². The number of amides is 1. The van der Waals surface area contributed by atoms with Gasteiger partial charge in [-0.05, 0) is 37.1 Å². The fourth-order valence-electron chi connectivity index (χ4n) is 2.80. The van der Waals surface area contributed by atoms with Crippen molar-refractivity contribution in [2.45, 2.75) is 32.9 Å². The molecule has 0 aliphatic carbocycles. The van der Waals surface area contributed by atoms with Crippen LogP contribution in [-0.2, 0) is 11.3 Å². The zero-order valence-corrected chi connectivity index (χ0v) is 13.9. The highest BCUT2D eigenvalue weighted by atomic mass is 16.3. The number of fused-ring (bicyclic) bond motifs is 1. The number of aryl methyl sites for hydroxylation is 2. The smallest absolute Gasteiger partial charge is 0.229 e. The van der Waals surface area contributed by atoms with Crippen LogP contribution in [0.4, 0.5) is 5.95 Å². The van der Waals surface area contributed by atoms with Crippen LogP contribution in [0.5, 0.6) is 0 Å². The number of nitrogens with zero attached hydrogens (tertiary/aromatic N) is 2. The first kappa shape index (κ1) is 16.2. The van der Waals surface area contributed by atoms with E-state index < -0.39 is 6.10 Å². The number of hydrogen-bond donors (Lipinski definition) is 2. The molecule has 124 valence electrons. The van der Waals surface area contributed by atoms with Gasteiger partial charge in [-0.2, -0.15) is 0 Å². The SMILES string of the molecule is CCn1c(NC(=O)CC(O)c2ccccc2)nc2cc(C)ccc21. The minimum absolute atomic E-state index is 0.00401. The molecule has 0 saturated carbocycles. The number of hydrogen-bond acceptors (Lipinski definition) is 3. The maximum absolute atomic E-state index is 12.3. The van der Waals surface area contributed by atoms with Crippen molar-refractivity contribution in [1.82, 2.24) is 9.55 Å². The number of aliphatic hydroxyl groups is 1. The van der Waals surface area contributed by atoms with Gasteiger partial charge in [0.05, 0.1) is 23.6 Å².